The van der Waals surface area contributed by atoms with Crippen molar-refractivity contribution in [3.63, 3.8) is 0 Å². The number of carbonyl (C=O) groups excluding carboxylic acids is 1. The molecule has 0 radical (unpaired) electrons. The van der Waals surface area contributed by atoms with Crippen molar-refractivity contribution >= 4 is 27.9 Å². The fourth-order valence-electron chi connectivity index (χ4n) is 4.30. The Kier molecular flexibility index (Phi) is 5.50. The molecule has 0 aliphatic carbocycles. The SMILES string of the molecule is COc1cccc2cc(-c3cc(=O)oc4cc(-c5ccccc5)c(OC(=O)c5ccncc5)cc34)oc12. The highest BCUT2D eigenvalue weighted by molar-refractivity contribution is 6.00. The van der Waals surface area contributed by atoms with Crippen LogP contribution in [0, 0.1) is 0 Å². The second-order valence-electron chi connectivity index (χ2n) is 8.30. The molecule has 0 fully saturated rings. The molecule has 0 spiro atoms. The third-order valence-electron chi connectivity index (χ3n) is 6.04. The number of para-hydroxylation sites is 1. The molecule has 0 N–H and O–H groups in total. The number of rotatable bonds is 5. The van der Waals surface area contributed by atoms with Gasteiger partial charge in [0.15, 0.2) is 11.3 Å². The number of aromatic nitrogens is 1. The van der Waals surface area contributed by atoms with E-state index in [4.69, 9.17) is 18.3 Å². The van der Waals surface area contributed by atoms with Gasteiger partial charge in [0.2, 0.25) is 0 Å². The molecule has 3 heterocycles. The lowest BCUT2D eigenvalue weighted by Gasteiger charge is -2.13. The predicted molar refractivity (Wildman–Crippen MR) is 139 cm³/mol. The highest BCUT2D eigenvalue weighted by Gasteiger charge is 2.20. The Hall–Kier alpha value is -5.17. The first-order valence-corrected chi connectivity index (χ1v) is 11.5. The summed E-state index contributed by atoms with van der Waals surface area (Å²) in [5.74, 6) is 0.807. The average molecular weight is 489 g/mol. The monoisotopic (exact) mass is 489 g/mol. The Morgan fingerprint density at radius 2 is 1.62 bits per heavy atom. The zero-order valence-electron chi connectivity index (χ0n) is 19.6. The largest absolute Gasteiger partial charge is 0.493 e. The van der Waals surface area contributed by atoms with Crippen molar-refractivity contribution in [1.82, 2.24) is 4.98 Å². The molecule has 0 aliphatic rings. The van der Waals surface area contributed by atoms with E-state index in [1.165, 1.54) is 18.5 Å². The Balaban J connectivity index is 1.57. The van der Waals surface area contributed by atoms with Gasteiger partial charge >= 0.3 is 11.6 Å². The van der Waals surface area contributed by atoms with E-state index in [1.54, 1.807) is 37.4 Å². The quantitative estimate of drug-likeness (QED) is 0.155. The molecule has 180 valence electrons. The summed E-state index contributed by atoms with van der Waals surface area (Å²) in [6.45, 7) is 0. The molecule has 0 atom stereocenters. The van der Waals surface area contributed by atoms with E-state index in [9.17, 15) is 9.59 Å². The number of nitrogens with zero attached hydrogens (tertiary/aromatic N) is 1. The number of carbonyl (C=O) groups is 1. The van der Waals surface area contributed by atoms with E-state index in [1.807, 2.05) is 48.5 Å². The summed E-state index contributed by atoms with van der Waals surface area (Å²) in [4.78, 5) is 29.5. The standard InChI is InChI=1S/C30H19NO6/c1-34-24-9-5-8-20-14-25(36-29(20)24)23-17-28(32)35-27-15-21(18-6-3-2-4-7-18)26(16-22(23)27)37-30(33)19-10-12-31-13-11-19/h2-17H,1H3. The maximum absolute atomic E-state index is 13.0. The van der Waals surface area contributed by atoms with Crippen LogP contribution in [0.2, 0.25) is 0 Å². The van der Waals surface area contributed by atoms with Gasteiger partial charge in [0.05, 0.1) is 12.7 Å². The molecule has 37 heavy (non-hydrogen) atoms. The van der Waals surface area contributed by atoms with Gasteiger partial charge < -0.3 is 18.3 Å². The van der Waals surface area contributed by atoms with Crippen LogP contribution in [-0.2, 0) is 0 Å². The van der Waals surface area contributed by atoms with Crippen molar-refractivity contribution in [3.05, 3.63) is 113 Å². The van der Waals surface area contributed by atoms with Gasteiger partial charge in [-0.15, -0.1) is 0 Å². The van der Waals surface area contributed by atoms with Gasteiger partial charge in [0.1, 0.15) is 17.1 Å². The molecule has 0 unspecified atom stereocenters. The minimum atomic E-state index is -0.536. The zero-order valence-corrected chi connectivity index (χ0v) is 19.6. The van der Waals surface area contributed by atoms with Crippen LogP contribution in [0.3, 0.4) is 0 Å². The van der Waals surface area contributed by atoms with E-state index >= 15 is 0 Å². The van der Waals surface area contributed by atoms with E-state index < -0.39 is 11.6 Å². The molecular formula is C30H19NO6. The number of benzene rings is 3. The van der Waals surface area contributed by atoms with Gasteiger partial charge in [0.25, 0.3) is 0 Å². The number of pyridine rings is 1. The Bertz CT molecular complexity index is 1820. The summed E-state index contributed by atoms with van der Waals surface area (Å²) in [5, 5.41) is 1.37. The van der Waals surface area contributed by atoms with Gasteiger partial charge in [-0.25, -0.2) is 9.59 Å². The van der Waals surface area contributed by atoms with Crippen molar-refractivity contribution in [1.29, 1.82) is 0 Å². The topological polar surface area (TPSA) is 91.8 Å². The number of fused-ring (bicyclic) bond motifs is 2. The Morgan fingerprint density at radius 1 is 0.811 bits per heavy atom. The number of furan rings is 1. The van der Waals surface area contributed by atoms with Gasteiger partial charge in [-0.1, -0.05) is 42.5 Å². The van der Waals surface area contributed by atoms with Gasteiger partial charge in [-0.2, -0.15) is 0 Å². The van der Waals surface area contributed by atoms with Crippen LogP contribution in [0.1, 0.15) is 10.4 Å². The highest BCUT2D eigenvalue weighted by Crippen LogP contribution is 2.40. The molecular weight excluding hydrogens is 470 g/mol. The average Bonchev–Trinajstić information content (AvgIpc) is 3.38. The number of esters is 1. The maximum atomic E-state index is 13.0. The number of hydrogen-bond acceptors (Lipinski definition) is 7. The Morgan fingerprint density at radius 3 is 2.41 bits per heavy atom. The first-order valence-electron chi connectivity index (χ1n) is 11.5. The van der Waals surface area contributed by atoms with Crippen molar-refractivity contribution in [2.24, 2.45) is 0 Å². The number of methoxy groups -OCH3 is 1. The molecule has 0 saturated heterocycles. The second-order valence-corrected chi connectivity index (χ2v) is 8.30. The minimum absolute atomic E-state index is 0.310. The molecule has 0 bridgehead atoms. The van der Waals surface area contributed by atoms with E-state index in [0.29, 0.717) is 50.5 Å². The molecule has 3 aromatic heterocycles. The first kappa shape index (κ1) is 22.3. The van der Waals surface area contributed by atoms with E-state index in [-0.39, 0.29) is 0 Å². The molecule has 0 saturated carbocycles. The highest BCUT2D eigenvalue weighted by atomic mass is 16.5. The lowest BCUT2D eigenvalue weighted by atomic mass is 10.00. The first-order chi connectivity index (χ1) is 18.1. The predicted octanol–water partition coefficient (Wildman–Crippen LogP) is 6.50. The zero-order chi connectivity index (χ0) is 25.4. The third kappa shape index (κ3) is 4.12. The number of ether oxygens (including phenoxy) is 2. The third-order valence-corrected chi connectivity index (χ3v) is 6.04. The summed E-state index contributed by atoms with van der Waals surface area (Å²) in [6, 6.07) is 24.7. The number of hydrogen-bond donors (Lipinski definition) is 0. The lowest BCUT2D eigenvalue weighted by molar-refractivity contribution is 0.0735. The van der Waals surface area contributed by atoms with Gasteiger partial charge in [-0.3, -0.25) is 4.98 Å². The summed E-state index contributed by atoms with van der Waals surface area (Å²) in [6.07, 6.45) is 3.05. The second kappa shape index (κ2) is 9.13. The van der Waals surface area contributed by atoms with Gasteiger partial charge in [0, 0.05) is 40.4 Å². The van der Waals surface area contributed by atoms with Crippen molar-refractivity contribution < 1.29 is 23.1 Å². The van der Waals surface area contributed by atoms with Crippen LogP contribution in [0.25, 0.3) is 44.4 Å². The van der Waals surface area contributed by atoms with E-state index in [2.05, 4.69) is 4.98 Å². The van der Waals surface area contributed by atoms with E-state index in [0.717, 1.165) is 10.9 Å². The summed E-state index contributed by atoms with van der Waals surface area (Å²) in [5.41, 5.74) is 2.62. The molecule has 0 aliphatic heterocycles. The summed E-state index contributed by atoms with van der Waals surface area (Å²) in [7, 11) is 1.57. The van der Waals surface area contributed by atoms with Crippen molar-refractivity contribution in [3.8, 4) is 33.9 Å². The molecule has 7 heteroatoms. The molecule has 0 amide bonds. The fourth-order valence-corrected chi connectivity index (χ4v) is 4.30. The van der Waals surface area contributed by atoms with Crippen LogP contribution in [0.4, 0.5) is 0 Å². The molecule has 6 aromatic rings. The van der Waals surface area contributed by atoms with Crippen LogP contribution in [0.15, 0.2) is 111 Å². The fraction of sp³-hybridized carbons (Fsp3) is 0.0333. The lowest BCUT2D eigenvalue weighted by Crippen LogP contribution is -2.09. The van der Waals surface area contributed by atoms with Crippen LogP contribution >= 0.6 is 0 Å². The van der Waals surface area contributed by atoms with Crippen LogP contribution < -0.4 is 15.1 Å². The van der Waals surface area contributed by atoms with Crippen molar-refractivity contribution in [2.75, 3.05) is 7.11 Å². The Labute approximate surface area is 210 Å². The summed E-state index contributed by atoms with van der Waals surface area (Å²) >= 11 is 0. The smallest absolute Gasteiger partial charge is 0.343 e. The molecule has 3 aromatic carbocycles. The van der Waals surface area contributed by atoms with Crippen LogP contribution in [0.5, 0.6) is 11.5 Å². The normalized spacial score (nSPS) is 11.1. The van der Waals surface area contributed by atoms with Gasteiger partial charge in [-0.05, 0) is 42.0 Å². The minimum Gasteiger partial charge on any atom is -0.493 e. The molecule has 6 rings (SSSR count). The molecule has 7 nitrogen and oxygen atoms in total. The summed E-state index contributed by atoms with van der Waals surface area (Å²) < 4.78 is 23.0. The maximum Gasteiger partial charge on any atom is 0.343 e. The van der Waals surface area contributed by atoms with Crippen LogP contribution in [-0.4, -0.2) is 18.1 Å². The van der Waals surface area contributed by atoms with Crippen molar-refractivity contribution in [2.45, 2.75) is 0 Å².